The maximum atomic E-state index is 6.23. The Bertz CT molecular complexity index is 788. The molecule has 0 radical (unpaired) electrons. The molecule has 2 aromatic rings. The number of rotatable bonds is 3. The maximum Gasteiger partial charge on any atom is 0.286 e. The second kappa shape index (κ2) is 8.02. The molecule has 0 saturated heterocycles. The second-order valence-electron chi connectivity index (χ2n) is 4.24. The Morgan fingerprint density at radius 2 is 1.04 bits per heavy atom. The van der Waals surface area contributed by atoms with Crippen LogP contribution in [-0.4, -0.2) is 0 Å². The first-order chi connectivity index (χ1) is 11.0. The molecule has 0 fully saturated rings. The molecule has 0 bridgehead atoms. The molecule has 130 valence electrons. The molecule has 0 aliphatic carbocycles. The fourth-order valence-corrected chi connectivity index (χ4v) is 4.04. The lowest BCUT2D eigenvalue weighted by atomic mass is 10.2. The molecule has 0 unspecified atom stereocenters. The molecule has 0 aromatic heterocycles. The third-order valence-corrected chi connectivity index (χ3v) is 6.85. The van der Waals surface area contributed by atoms with Crippen molar-refractivity contribution in [3.05, 3.63) is 57.9 Å². The fourth-order valence-electron chi connectivity index (χ4n) is 1.61. The van der Waals surface area contributed by atoms with E-state index in [0.717, 1.165) is 0 Å². The van der Waals surface area contributed by atoms with Gasteiger partial charge in [0.25, 0.3) is 4.52 Å². The molecule has 0 aliphatic rings. The highest BCUT2D eigenvalue weighted by Crippen LogP contribution is 2.52. The summed E-state index contributed by atoms with van der Waals surface area (Å²) < 4.78 is 3.47. The van der Waals surface area contributed by atoms with Crippen LogP contribution in [0.3, 0.4) is 0 Å². The summed E-state index contributed by atoms with van der Waals surface area (Å²) in [5.41, 5.74) is 0.108. The number of benzene rings is 2. The summed E-state index contributed by atoms with van der Waals surface area (Å²) in [6.07, 6.45) is 0. The zero-order valence-corrected chi connectivity index (χ0v) is 18.4. The van der Waals surface area contributed by atoms with Crippen LogP contribution in [0.25, 0.3) is 0 Å². The molecular weight excluding hydrogens is 527 g/mol. The van der Waals surface area contributed by atoms with Crippen molar-refractivity contribution in [3.63, 3.8) is 0 Å². The van der Waals surface area contributed by atoms with Gasteiger partial charge in [-0.2, -0.15) is 0 Å². The van der Waals surface area contributed by atoms with E-state index in [1.807, 2.05) is 0 Å². The topological polar surface area (TPSA) is 9.23 Å². The van der Waals surface area contributed by atoms with Crippen molar-refractivity contribution >= 4 is 116 Å². The lowest BCUT2D eigenvalue weighted by Crippen LogP contribution is -2.20. The molecule has 11 heteroatoms. The quantitative estimate of drug-likeness (QED) is 0.219. The molecule has 0 heterocycles. The van der Waals surface area contributed by atoms with E-state index >= 15 is 0 Å². The SMILES string of the molecule is Clc1ccc(C(Cl)(Cl)Oc2c(Cl)c(Cl)c(Cl)c(Cl)c2Cl)c(Cl)c1Cl. The van der Waals surface area contributed by atoms with Gasteiger partial charge in [0.15, 0.2) is 5.75 Å². The van der Waals surface area contributed by atoms with Crippen LogP contribution in [0.4, 0.5) is 0 Å². The lowest BCUT2D eigenvalue weighted by molar-refractivity contribution is 0.246. The number of hydrogen-bond donors (Lipinski definition) is 0. The van der Waals surface area contributed by atoms with E-state index in [-0.39, 0.29) is 51.5 Å². The van der Waals surface area contributed by atoms with Crippen molar-refractivity contribution in [2.45, 2.75) is 4.52 Å². The van der Waals surface area contributed by atoms with Crippen molar-refractivity contribution < 1.29 is 4.74 Å². The molecule has 0 atom stereocenters. The van der Waals surface area contributed by atoms with Gasteiger partial charge in [0.1, 0.15) is 10.0 Å². The molecule has 24 heavy (non-hydrogen) atoms. The molecule has 2 rings (SSSR count). The first kappa shape index (κ1) is 21.4. The maximum absolute atomic E-state index is 6.23. The molecule has 0 aliphatic heterocycles. The van der Waals surface area contributed by atoms with E-state index in [4.69, 9.17) is 121 Å². The van der Waals surface area contributed by atoms with Crippen molar-refractivity contribution in [1.82, 2.24) is 0 Å². The standard InChI is InChI=1S/C13H2Cl10O/c14-4-2-1-3(5(15)6(4)16)13(22,23)24-12-10(20)8(18)7(17)9(19)11(12)21/h1-2H. The predicted octanol–water partition coefficient (Wildman–Crippen LogP) is 9.58. The smallest absolute Gasteiger partial charge is 0.286 e. The van der Waals surface area contributed by atoms with Gasteiger partial charge in [-0.1, -0.05) is 116 Å². The summed E-state index contributed by atoms with van der Waals surface area (Å²) in [7, 11) is 0. The second-order valence-corrected chi connectivity index (χ2v) is 8.55. The molecule has 0 saturated carbocycles. The molecule has 1 nitrogen and oxygen atoms in total. The van der Waals surface area contributed by atoms with E-state index in [1.165, 1.54) is 12.1 Å². The summed E-state index contributed by atoms with van der Waals surface area (Å²) in [5.74, 6) is -0.176. The highest BCUT2D eigenvalue weighted by Gasteiger charge is 2.35. The van der Waals surface area contributed by atoms with Crippen molar-refractivity contribution in [2.75, 3.05) is 0 Å². The van der Waals surface area contributed by atoms with Crippen LogP contribution in [0.5, 0.6) is 5.75 Å². The van der Waals surface area contributed by atoms with Gasteiger partial charge in [-0.3, -0.25) is 0 Å². The van der Waals surface area contributed by atoms with Crippen LogP contribution < -0.4 is 4.74 Å². The molecular formula is C13H2Cl10O. The molecule has 0 N–H and O–H groups in total. The third kappa shape index (κ3) is 4.02. The minimum atomic E-state index is -2.03. The third-order valence-electron chi connectivity index (χ3n) is 2.75. The van der Waals surface area contributed by atoms with Crippen molar-refractivity contribution in [1.29, 1.82) is 0 Å². The van der Waals surface area contributed by atoms with E-state index < -0.39 is 4.52 Å². The largest absolute Gasteiger partial charge is 0.451 e. The van der Waals surface area contributed by atoms with E-state index in [1.54, 1.807) is 0 Å². The Morgan fingerprint density at radius 1 is 0.583 bits per heavy atom. The summed E-state index contributed by atoms with van der Waals surface area (Å²) in [6.45, 7) is 0. The van der Waals surface area contributed by atoms with Gasteiger partial charge < -0.3 is 4.74 Å². The van der Waals surface area contributed by atoms with Gasteiger partial charge >= 0.3 is 0 Å². The predicted molar refractivity (Wildman–Crippen MR) is 107 cm³/mol. The van der Waals surface area contributed by atoms with Crippen molar-refractivity contribution in [2.24, 2.45) is 0 Å². The Hall–Kier alpha value is 1.14. The van der Waals surface area contributed by atoms with Crippen LogP contribution >= 0.6 is 116 Å². The van der Waals surface area contributed by atoms with Crippen LogP contribution in [0, 0.1) is 0 Å². The normalized spacial score (nSPS) is 11.8. The van der Waals surface area contributed by atoms with Crippen molar-refractivity contribution in [3.8, 4) is 5.75 Å². The number of alkyl halides is 2. The van der Waals surface area contributed by atoms with Crippen LogP contribution in [0.15, 0.2) is 12.1 Å². The molecule has 0 spiro atoms. The summed E-state index contributed by atoms with van der Waals surface area (Å²) in [6, 6.07) is 2.87. The van der Waals surface area contributed by atoms with E-state index in [0.29, 0.717) is 0 Å². The first-order valence-corrected chi connectivity index (χ1v) is 9.49. The average Bonchev–Trinajstić information content (AvgIpc) is 2.52. The Labute approximate surface area is 187 Å². The minimum Gasteiger partial charge on any atom is -0.451 e. The van der Waals surface area contributed by atoms with Gasteiger partial charge in [-0.05, 0) is 12.1 Å². The Morgan fingerprint density at radius 3 is 1.54 bits per heavy atom. The highest BCUT2D eigenvalue weighted by molar-refractivity contribution is 6.56. The first-order valence-electron chi connectivity index (χ1n) is 5.71. The zero-order valence-electron chi connectivity index (χ0n) is 10.8. The number of hydrogen-bond acceptors (Lipinski definition) is 1. The average molecular weight is 529 g/mol. The monoisotopic (exact) mass is 524 g/mol. The van der Waals surface area contributed by atoms with E-state index in [2.05, 4.69) is 0 Å². The van der Waals surface area contributed by atoms with Gasteiger partial charge in [-0.15, -0.1) is 0 Å². The van der Waals surface area contributed by atoms with E-state index in [9.17, 15) is 0 Å². The summed E-state index contributed by atoms with van der Waals surface area (Å²) in [4.78, 5) is 0. The van der Waals surface area contributed by atoms with Crippen LogP contribution in [0.1, 0.15) is 5.56 Å². The van der Waals surface area contributed by atoms with Gasteiger partial charge in [-0.25, -0.2) is 0 Å². The summed E-state index contributed by atoms with van der Waals surface area (Å²) in [5, 5.41) is -0.191. The Kier molecular flexibility index (Phi) is 7.17. The van der Waals surface area contributed by atoms with Crippen LogP contribution in [-0.2, 0) is 4.52 Å². The minimum absolute atomic E-state index is 0.00688. The molecule has 2 aromatic carbocycles. The number of ether oxygens (including phenoxy) is 1. The molecule has 0 amide bonds. The summed E-state index contributed by atoms with van der Waals surface area (Å²) >= 11 is 60.4. The van der Waals surface area contributed by atoms with Gasteiger partial charge in [0.05, 0.1) is 30.1 Å². The van der Waals surface area contributed by atoms with Crippen LogP contribution in [0.2, 0.25) is 40.2 Å². The highest BCUT2D eigenvalue weighted by atomic mass is 35.5. The number of halogens is 10. The zero-order chi connectivity index (χ0) is 18.4. The lowest BCUT2D eigenvalue weighted by Gasteiger charge is -2.25. The Balaban J connectivity index is 2.57. The van der Waals surface area contributed by atoms with Gasteiger partial charge in [0, 0.05) is 5.56 Å². The van der Waals surface area contributed by atoms with Gasteiger partial charge in [0.2, 0.25) is 0 Å². The fraction of sp³-hybridized carbons (Fsp3) is 0.0769.